The number of likely N-dealkylation sites (N-methyl/N-ethyl adjacent to an activating group) is 1. The predicted molar refractivity (Wildman–Crippen MR) is 84.8 cm³/mol. The maximum absolute atomic E-state index is 12.2. The van der Waals surface area contributed by atoms with E-state index in [0.717, 1.165) is 15.7 Å². The van der Waals surface area contributed by atoms with Crippen molar-refractivity contribution in [3.05, 3.63) is 47.5 Å². The molecule has 2 aromatic carbocycles. The molecule has 6 nitrogen and oxygen atoms in total. The van der Waals surface area contributed by atoms with Crippen LogP contribution in [0.15, 0.2) is 42.0 Å². The number of rotatable bonds is 2. The number of hydrogen-bond donors (Lipinski definition) is 1. The van der Waals surface area contributed by atoms with Crippen LogP contribution in [0.5, 0.6) is 5.75 Å². The largest absolute Gasteiger partial charge is 0.496 e. The molecule has 1 N–H and O–H groups in total. The van der Waals surface area contributed by atoms with Gasteiger partial charge in [0.25, 0.3) is 11.8 Å². The van der Waals surface area contributed by atoms with Gasteiger partial charge in [-0.25, -0.2) is 4.79 Å². The summed E-state index contributed by atoms with van der Waals surface area (Å²) in [5.74, 6) is -0.619. The summed E-state index contributed by atoms with van der Waals surface area (Å²) in [6.45, 7) is 0. The average molecular weight is 310 g/mol. The second kappa shape index (κ2) is 5.57. The summed E-state index contributed by atoms with van der Waals surface area (Å²) in [7, 11) is 2.91. The van der Waals surface area contributed by atoms with Gasteiger partial charge in [0.2, 0.25) is 0 Å². The summed E-state index contributed by atoms with van der Waals surface area (Å²) in [5, 5.41) is 3.85. The molecule has 1 saturated heterocycles. The molecule has 23 heavy (non-hydrogen) atoms. The third kappa shape index (κ3) is 2.44. The number of benzene rings is 2. The van der Waals surface area contributed by atoms with Gasteiger partial charge in [0.1, 0.15) is 11.3 Å². The number of fused-ring (bicyclic) bond motifs is 1. The second-order valence-corrected chi connectivity index (χ2v) is 5.08. The zero-order valence-electron chi connectivity index (χ0n) is 12.6. The van der Waals surface area contributed by atoms with Gasteiger partial charge in [0.15, 0.2) is 0 Å². The van der Waals surface area contributed by atoms with E-state index in [4.69, 9.17) is 4.74 Å². The molecule has 4 amide bonds. The molecule has 1 aliphatic heterocycles. The van der Waals surface area contributed by atoms with Crippen molar-refractivity contribution >= 4 is 34.7 Å². The smallest absolute Gasteiger partial charge is 0.331 e. The van der Waals surface area contributed by atoms with Crippen LogP contribution in [0, 0.1) is 0 Å². The maximum Gasteiger partial charge on any atom is 0.331 e. The van der Waals surface area contributed by atoms with Crippen LogP contribution >= 0.6 is 0 Å². The number of carbonyl (C=O) groups is 3. The van der Waals surface area contributed by atoms with E-state index in [2.05, 4.69) is 5.32 Å². The molecule has 6 heteroatoms. The van der Waals surface area contributed by atoms with Crippen molar-refractivity contribution in [1.29, 1.82) is 0 Å². The van der Waals surface area contributed by atoms with Crippen LogP contribution in [-0.4, -0.2) is 36.9 Å². The van der Waals surface area contributed by atoms with E-state index in [1.807, 2.05) is 24.3 Å². The van der Waals surface area contributed by atoms with Gasteiger partial charge in [-0.1, -0.05) is 30.3 Å². The summed E-state index contributed by atoms with van der Waals surface area (Å²) in [5.41, 5.74) is 0.616. The first-order valence-electron chi connectivity index (χ1n) is 6.93. The molecule has 2 aromatic rings. The molecule has 0 atom stereocenters. The number of hydrogen-bond acceptors (Lipinski definition) is 4. The first-order valence-corrected chi connectivity index (χ1v) is 6.93. The first-order chi connectivity index (χ1) is 11.0. The normalized spacial score (nSPS) is 16.9. The molecule has 0 aromatic heterocycles. The number of nitrogens with zero attached hydrogens (tertiary/aromatic N) is 1. The third-order valence-electron chi connectivity index (χ3n) is 3.74. The molecule has 0 radical (unpaired) electrons. The molecule has 0 spiro atoms. The quantitative estimate of drug-likeness (QED) is 0.679. The highest BCUT2D eigenvalue weighted by Gasteiger charge is 2.33. The first kappa shape index (κ1) is 14.8. The molecule has 116 valence electrons. The minimum Gasteiger partial charge on any atom is -0.496 e. The van der Waals surface area contributed by atoms with Crippen molar-refractivity contribution in [2.24, 2.45) is 0 Å². The molecular formula is C17H14N2O4. The second-order valence-electron chi connectivity index (χ2n) is 5.08. The number of imide groups is 2. The van der Waals surface area contributed by atoms with Gasteiger partial charge in [0, 0.05) is 12.4 Å². The monoisotopic (exact) mass is 310 g/mol. The van der Waals surface area contributed by atoms with Crippen molar-refractivity contribution < 1.29 is 19.1 Å². The molecule has 1 heterocycles. The SMILES string of the molecule is COc1ccc(/C=C2/C(=O)NC(=O)N(C)C2=O)c2ccccc12. The van der Waals surface area contributed by atoms with Crippen molar-refractivity contribution in [3.63, 3.8) is 0 Å². The van der Waals surface area contributed by atoms with Crippen LogP contribution in [0.4, 0.5) is 4.79 Å². The fraction of sp³-hybridized carbons (Fsp3) is 0.118. The molecule has 1 aliphatic rings. The lowest BCUT2D eigenvalue weighted by atomic mass is 10.0. The molecule has 0 unspecified atom stereocenters. The minimum absolute atomic E-state index is 0.0811. The zero-order valence-corrected chi connectivity index (χ0v) is 12.6. The number of nitrogens with one attached hydrogen (secondary N) is 1. The highest BCUT2D eigenvalue weighted by atomic mass is 16.5. The Labute approximate surface area is 132 Å². The standard InChI is InChI=1S/C17H14N2O4/c1-19-16(21)13(15(20)18-17(19)22)9-10-7-8-14(23-2)12-6-4-3-5-11(10)12/h3-9H,1-2H3,(H,18,20,22)/b13-9-. The molecule has 0 bridgehead atoms. The van der Waals surface area contributed by atoms with Gasteiger partial charge in [-0.2, -0.15) is 0 Å². The van der Waals surface area contributed by atoms with E-state index in [0.29, 0.717) is 11.3 Å². The lowest BCUT2D eigenvalue weighted by Gasteiger charge is -2.22. The summed E-state index contributed by atoms with van der Waals surface area (Å²) in [6, 6.07) is 10.3. The fourth-order valence-corrected chi connectivity index (χ4v) is 2.50. The van der Waals surface area contributed by atoms with Crippen LogP contribution in [0.2, 0.25) is 0 Å². The Morgan fingerprint density at radius 1 is 1.04 bits per heavy atom. The highest BCUT2D eigenvalue weighted by molar-refractivity contribution is 6.31. The minimum atomic E-state index is -0.725. The molecule has 0 saturated carbocycles. The summed E-state index contributed by atoms with van der Waals surface area (Å²) in [4.78, 5) is 36.4. The van der Waals surface area contributed by atoms with Crippen molar-refractivity contribution in [3.8, 4) is 5.75 Å². The third-order valence-corrected chi connectivity index (χ3v) is 3.74. The lowest BCUT2D eigenvalue weighted by Crippen LogP contribution is -2.52. The highest BCUT2D eigenvalue weighted by Crippen LogP contribution is 2.30. The average Bonchev–Trinajstić information content (AvgIpc) is 2.56. The van der Waals surface area contributed by atoms with E-state index in [9.17, 15) is 14.4 Å². The van der Waals surface area contributed by atoms with Crippen LogP contribution in [-0.2, 0) is 9.59 Å². The summed E-state index contributed by atoms with van der Waals surface area (Å²) >= 11 is 0. The number of ether oxygens (including phenoxy) is 1. The summed E-state index contributed by atoms with van der Waals surface area (Å²) in [6.07, 6.45) is 1.49. The van der Waals surface area contributed by atoms with E-state index < -0.39 is 17.8 Å². The van der Waals surface area contributed by atoms with Crippen LogP contribution < -0.4 is 10.1 Å². The van der Waals surface area contributed by atoms with Crippen molar-refractivity contribution in [2.45, 2.75) is 0 Å². The maximum atomic E-state index is 12.2. The summed E-state index contributed by atoms with van der Waals surface area (Å²) < 4.78 is 5.33. The Kier molecular flexibility index (Phi) is 3.57. The Hall–Kier alpha value is -3.15. The lowest BCUT2D eigenvalue weighted by molar-refractivity contribution is -0.129. The van der Waals surface area contributed by atoms with Gasteiger partial charge in [-0.15, -0.1) is 0 Å². The number of carbonyl (C=O) groups excluding carboxylic acids is 3. The van der Waals surface area contributed by atoms with Crippen molar-refractivity contribution in [2.75, 3.05) is 14.2 Å². The molecule has 3 rings (SSSR count). The Balaban J connectivity index is 2.16. The Morgan fingerprint density at radius 2 is 1.74 bits per heavy atom. The van der Waals surface area contributed by atoms with Gasteiger partial charge >= 0.3 is 6.03 Å². The van der Waals surface area contributed by atoms with E-state index in [1.165, 1.54) is 13.1 Å². The van der Waals surface area contributed by atoms with E-state index >= 15 is 0 Å². The predicted octanol–water partition coefficient (Wildman–Crippen LogP) is 1.94. The Bertz CT molecular complexity index is 870. The molecule has 0 aliphatic carbocycles. The topological polar surface area (TPSA) is 75.7 Å². The van der Waals surface area contributed by atoms with E-state index in [1.54, 1.807) is 19.2 Å². The number of amides is 4. The van der Waals surface area contributed by atoms with Crippen LogP contribution in [0.1, 0.15) is 5.56 Å². The van der Waals surface area contributed by atoms with Crippen molar-refractivity contribution in [1.82, 2.24) is 10.2 Å². The van der Waals surface area contributed by atoms with Gasteiger partial charge < -0.3 is 4.74 Å². The number of urea groups is 1. The zero-order chi connectivity index (χ0) is 16.6. The molecular weight excluding hydrogens is 296 g/mol. The van der Waals surface area contributed by atoms with Crippen LogP contribution in [0.25, 0.3) is 16.8 Å². The van der Waals surface area contributed by atoms with Crippen LogP contribution in [0.3, 0.4) is 0 Å². The Morgan fingerprint density at radius 3 is 2.43 bits per heavy atom. The number of barbiturate groups is 1. The molecule has 1 fully saturated rings. The van der Waals surface area contributed by atoms with Gasteiger partial charge in [0.05, 0.1) is 7.11 Å². The fourth-order valence-electron chi connectivity index (χ4n) is 2.50. The van der Waals surface area contributed by atoms with Gasteiger partial charge in [-0.3, -0.25) is 19.8 Å². The van der Waals surface area contributed by atoms with Gasteiger partial charge in [-0.05, 0) is 23.1 Å². The number of methoxy groups -OCH3 is 1. The van der Waals surface area contributed by atoms with E-state index in [-0.39, 0.29) is 5.57 Å².